The van der Waals surface area contributed by atoms with Crippen molar-refractivity contribution in [2.45, 2.75) is 12.0 Å². The van der Waals surface area contributed by atoms with E-state index in [4.69, 9.17) is 27.0 Å². The lowest BCUT2D eigenvalue weighted by Gasteiger charge is -2.23. The van der Waals surface area contributed by atoms with Gasteiger partial charge < -0.3 is 15.6 Å². The van der Waals surface area contributed by atoms with Crippen molar-refractivity contribution in [3.63, 3.8) is 0 Å². The predicted molar refractivity (Wildman–Crippen MR) is 77.5 cm³/mol. The number of ether oxygens (including phenoxy) is 1. The third-order valence-electron chi connectivity index (χ3n) is 2.63. The van der Waals surface area contributed by atoms with Gasteiger partial charge in [-0.1, -0.05) is 0 Å². The number of hydrogen-bond acceptors (Lipinski definition) is 8. The van der Waals surface area contributed by atoms with Crippen molar-refractivity contribution in [3.8, 4) is 5.75 Å². The minimum Gasteiger partial charge on any atom is -0.458 e. The number of aliphatic hydroxyl groups is 1. The van der Waals surface area contributed by atoms with Crippen LogP contribution < -0.4 is 21.9 Å². The van der Waals surface area contributed by atoms with Crippen LogP contribution in [0.5, 0.6) is 5.75 Å². The van der Waals surface area contributed by atoms with Gasteiger partial charge >= 0.3 is 6.18 Å². The summed E-state index contributed by atoms with van der Waals surface area (Å²) < 4.78 is 43.4. The van der Waals surface area contributed by atoms with E-state index in [0.29, 0.717) is 0 Å². The largest absolute Gasteiger partial charge is 0.458 e. The molecule has 0 atom stereocenters. The number of halogens is 3. The van der Waals surface area contributed by atoms with Gasteiger partial charge in [-0.2, -0.15) is 13.2 Å². The van der Waals surface area contributed by atoms with Crippen molar-refractivity contribution in [1.29, 1.82) is 0 Å². The summed E-state index contributed by atoms with van der Waals surface area (Å²) in [5, 5.41) is 15.1. The van der Waals surface area contributed by atoms with Gasteiger partial charge in [0.25, 0.3) is 0 Å². The zero-order chi connectivity index (χ0) is 17.3. The highest BCUT2D eigenvalue weighted by Gasteiger charge is 2.43. The maximum Gasteiger partial charge on any atom is 0.437 e. The Morgan fingerprint density at radius 1 is 1.13 bits per heavy atom. The lowest BCUT2D eigenvalue weighted by atomic mass is 10.2. The van der Waals surface area contributed by atoms with Crippen LogP contribution in [-0.4, -0.2) is 41.0 Å². The number of nitrogens with two attached hydrogens (primary N) is 3. The molecule has 2 rings (SSSR count). The number of aliphatic imine (C=N–C) groups is 1. The smallest absolute Gasteiger partial charge is 0.437 e. The van der Waals surface area contributed by atoms with Gasteiger partial charge in [0, 0.05) is 0 Å². The summed E-state index contributed by atoms with van der Waals surface area (Å²) in [5.41, 5.74) is 14.5. The van der Waals surface area contributed by atoms with Gasteiger partial charge in [0.2, 0.25) is 5.85 Å². The molecule has 0 aliphatic carbocycles. The molecule has 0 amide bonds. The molecule has 0 aromatic heterocycles. The van der Waals surface area contributed by atoms with E-state index < -0.39 is 35.9 Å². The molecule has 0 radical (unpaired) electrons. The first-order valence-electron chi connectivity index (χ1n) is 6.18. The molecule has 0 saturated heterocycles. The summed E-state index contributed by atoms with van der Waals surface area (Å²) in [6.45, 7) is -0.630. The Hall–Kier alpha value is -2.50. The molecular weight excluding hydrogens is 317 g/mol. The minimum absolute atomic E-state index is 0.160. The van der Waals surface area contributed by atoms with E-state index in [0.717, 1.165) is 0 Å². The van der Waals surface area contributed by atoms with E-state index in [-0.39, 0.29) is 11.4 Å². The van der Waals surface area contributed by atoms with Crippen molar-refractivity contribution < 1.29 is 23.0 Å². The number of benzene rings is 1. The molecule has 124 valence electrons. The van der Waals surface area contributed by atoms with Crippen LogP contribution >= 0.6 is 0 Å². The predicted octanol–water partition coefficient (Wildman–Crippen LogP) is -0.00950. The van der Waals surface area contributed by atoms with Crippen LogP contribution in [0.4, 0.5) is 18.9 Å². The molecule has 1 aromatic rings. The lowest BCUT2D eigenvalue weighted by Crippen LogP contribution is -2.57. The highest BCUT2D eigenvalue weighted by molar-refractivity contribution is 6.70. The molecule has 23 heavy (non-hydrogen) atoms. The van der Waals surface area contributed by atoms with Crippen LogP contribution in [0, 0.1) is 0 Å². The molecule has 0 fully saturated rings. The average Bonchev–Trinajstić information content (AvgIpc) is 2.82. The highest BCUT2D eigenvalue weighted by atomic mass is 19.4. The summed E-state index contributed by atoms with van der Waals surface area (Å²) >= 11 is 0. The van der Waals surface area contributed by atoms with E-state index in [1.54, 1.807) is 0 Å². The summed E-state index contributed by atoms with van der Waals surface area (Å²) in [6.07, 6.45) is -4.72. The van der Waals surface area contributed by atoms with Crippen LogP contribution in [0.3, 0.4) is 0 Å². The van der Waals surface area contributed by atoms with Gasteiger partial charge in [-0.15, -0.1) is 10.2 Å². The summed E-state index contributed by atoms with van der Waals surface area (Å²) in [4.78, 5) is 3.79. The highest BCUT2D eigenvalue weighted by Crippen LogP contribution is 2.24. The molecule has 1 aromatic carbocycles. The fourth-order valence-electron chi connectivity index (χ4n) is 1.59. The number of amidine groups is 1. The number of aliphatic hydroxyl groups excluding tert-OH is 1. The standard InChI is InChI=1S/C12H13F3N6O2/c13-12(14,15)9-8(10(16)21-20-9)19-6-1-3-7(4-2-6)23-11(17,18)5-22/h1-4,22H,5,17-18H2,(H2,16,19,21). The summed E-state index contributed by atoms with van der Waals surface area (Å²) in [6, 6.07) is 5.46. The second-order valence-electron chi connectivity index (χ2n) is 4.60. The fraction of sp³-hybridized carbons (Fsp3) is 0.250. The van der Waals surface area contributed by atoms with Crippen molar-refractivity contribution >= 4 is 22.9 Å². The second-order valence-corrected chi connectivity index (χ2v) is 4.60. The first kappa shape index (κ1) is 16.9. The Balaban J connectivity index is 2.23. The quantitative estimate of drug-likeness (QED) is 0.574. The molecule has 0 saturated carbocycles. The second kappa shape index (κ2) is 5.95. The average molecular weight is 330 g/mol. The van der Waals surface area contributed by atoms with Crippen LogP contribution in [0.2, 0.25) is 0 Å². The first-order chi connectivity index (χ1) is 10.6. The fourth-order valence-corrected chi connectivity index (χ4v) is 1.59. The van der Waals surface area contributed by atoms with Gasteiger partial charge in [0.05, 0.1) is 5.69 Å². The maximum atomic E-state index is 12.8. The van der Waals surface area contributed by atoms with E-state index in [2.05, 4.69) is 15.2 Å². The number of nitrogens with zero attached hydrogens (tertiary/aromatic N) is 3. The van der Waals surface area contributed by atoms with Gasteiger partial charge in [0.1, 0.15) is 18.1 Å². The van der Waals surface area contributed by atoms with Gasteiger partial charge in [-0.05, 0) is 24.3 Å². The Morgan fingerprint density at radius 2 is 1.74 bits per heavy atom. The van der Waals surface area contributed by atoms with Crippen molar-refractivity contribution in [3.05, 3.63) is 24.3 Å². The van der Waals surface area contributed by atoms with E-state index in [1.165, 1.54) is 24.3 Å². The Labute approximate surface area is 128 Å². The van der Waals surface area contributed by atoms with Crippen molar-refractivity contribution in [2.75, 3.05) is 6.61 Å². The molecule has 0 bridgehead atoms. The monoisotopic (exact) mass is 330 g/mol. The van der Waals surface area contributed by atoms with Crippen LogP contribution in [0.25, 0.3) is 0 Å². The van der Waals surface area contributed by atoms with Crippen LogP contribution in [0.1, 0.15) is 0 Å². The van der Waals surface area contributed by atoms with Gasteiger partial charge in [-0.3, -0.25) is 11.5 Å². The van der Waals surface area contributed by atoms with E-state index >= 15 is 0 Å². The Kier molecular flexibility index (Phi) is 4.36. The summed E-state index contributed by atoms with van der Waals surface area (Å²) in [7, 11) is 0. The topological polar surface area (TPSA) is 145 Å². The molecular formula is C12H13F3N6O2. The molecule has 1 aliphatic heterocycles. The zero-order valence-corrected chi connectivity index (χ0v) is 11.6. The molecule has 11 heteroatoms. The van der Waals surface area contributed by atoms with Crippen LogP contribution in [-0.2, 0) is 0 Å². The Morgan fingerprint density at radius 3 is 2.26 bits per heavy atom. The SMILES string of the molecule is NC1=NN=C(C(F)(F)F)C1=Nc1ccc(OC(N)(N)CO)cc1. The lowest BCUT2D eigenvalue weighted by molar-refractivity contribution is -0.0565. The summed E-state index contributed by atoms with van der Waals surface area (Å²) in [5.74, 6) is -2.00. The van der Waals surface area contributed by atoms with E-state index in [1.807, 2.05) is 0 Å². The number of rotatable bonds is 4. The molecule has 0 unspecified atom stereocenters. The van der Waals surface area contributed by atoms with Gasteiger partial charge in [0.15, 0.2) is 11.5 Å². The third kappa shape index (κ3) is 4.03. The third-order valence-corrected chi connectivity index (χ3v) is 2.63. The molecule has 1 aliphatic rings. The Bertz CT molecular complexity index is 679. The molecule has 7 N–H and O–H groups in total. The zero-order valence-electron chi connectivity index (χ0n) is 11.6. The molecule has 8 nitrogen and oxygen atoms in total. The van der Waals surface area contributed by atoms with E-state index in [9.17, 15) is 13.2 Å². The first-order valence-corrected chi connectivity index (χ1v) is 6.18. The van der Waals surface area contributed by atoms with Crippen LogP contribution in [0.15, 0.2) is 39.5 Å². The van der Waals surface area contributed by atoms with Crippen molar-refractivity contribution in [2.24, 2.45) is 32.4 Å². The minimum atomic E-state index is -4.72. The molecule has 1 heterocycles. The number of hydrogen-bond donors (Lipinski definition) is 4. The van der Waals surface area contributed by atoms with Gasteiger partial charge in [-0.25, -0.2) is 4.99 Å². The van der Waals surface area contributed by atoms with Crippen molar-refractivity contribution in [1.82, 2.24) is 0 Å². The number of alkyl halides is 3. The maximum absolute atomic E-state index is 12.8. The molecule has 0 spiro atoms. The normalized spacial score (nSPS) is 17.2.